The first-order valence-corrected chi connectivity index (χ1v) is 8.05. The summed E-state index contributed by atoms with van der Waals surface area (Å²) in [7, 11) is 1.44. The third kappa shape index (κ3) is 12.0. The average Bonchev–Trinajstić information content (AvgIpc) is 2.26. The molecule has 0 spiro atoms. The van der Waals surface area contributed by atoms with E-state index in [0.717, 1.165) is 12.5 Å². The van der Waals surface area contributed by atoms with E-state index >= 15 is 0 Å². The smallest absolute Gasteiger partial charge is 0.499 e. The lowest BCUT2D eigenvalue weighted by atomic mass is 10.5. The number of rotatable bonds is 5. The van der Waals surface area contributed by atoms with Crippen LogP contribution >= 0.6 is 0 Å². The monoisotopic (exact) mass is 252 g/mol. The summed E-state index contributed by atoms with van der Waals surface area (Å²) >= 11 is 0.524. The number of hydrogen-bond donors (Lipinski definition) is 1. The largest absolute Gasteiger partial charge is 0.622 e. The van der Waals surface area contributed by atoms with Crippen molar-refractivity contribution < 1.29 is 22.5 Å². The lowest BCUT2D eigenvalue weighted by Crippen LogP contribution is -2.35. The number of hydrogen-bond acceptors (Lipinski definition) is 5. The Hall–Kier alpha value is 0.0994. The quantitative estimate of drug-likeness (QED) is 0.688. The summed E-state index contributed by atoms with van der Waals surface area (Å²) in [5.74, 6) is -0.184. The molecule has 0 bridgehead atoms. The van der Waals surface area contributed by atoms with Gasteiger partial charge in [0.1, 0.15) is 0 Å². The number of carbonyl (C=O) groups excluding carboxylic acids is 1. The highest BCUT2D eigenvalue weighted by molar-refractivity contribution is 6.65. The summed E-state index contributed by atoms with van der Waals surface area (Å²) < 4.78 is 14.6. The van der Waals surface area contributed by atoms with E-state index in [9.17, 15) is 4.79 Å². The Morgan fingerprint density at radius 2 is 1.80 bits per heavy atom. The number of aliphatic hydroxyl groups excluding tert-OH is 1. The molecule has 7 heteroatoms. The molecule has 0 aromatic heterocycles. The highest BCUT2D eigenvalue weighted by Crippen LogP contribution is 2.12. The van der Waals surface area contributed by atoms with E-state index in [-0.39, 0.29) is 12.6 Å². The van der Waals surface area contributed by atoms with Gasteiger partial charge in [0, 0.05) is 27.8 Å². The molecule has 0 amide bonds. The summed E-state index contributed by atoms with van der Waals surface area (Å²) in [5, 5.41) is 8.53. The minimum Gasteiger partial charge on any atom is -0.622 e. The molecule has 0 aliphatic heterocycles. The second-order valence-corrected chi connectivity index (χ2v) is 7.06. The first-order valence-electron chi connectivity index (χ1n) is 4.71. The third-order valence-electron chi connectivity index (χ3n) is 1.94. The van der Waals surface area contributed by atoms with Gasteiger partial charge in [-0.15, -0.1) is 0 Å². The zero-order valence-electron chi connectivity index (χ0n) is 10.2. The van der Waals surface area contributed by atoms with Crippen molar-refractivity contribution in [1.29, 1.82) is 0 Å². The molecule has 15 heavy (non-hydrogen) atoms. The van der Waals surface area contributed by atoms with Crippen LogP contribution < -0.4 is 0 Å². The average molecular weight is 252 g/mol. The van der Waals surface area contributed by atoms with Gasteiger partial charge in [0.15, 0.2) is 0 Å². The van der Waals surface area contributed by atoms with Gasteiger partial charge in [-0.2, -0.15) is 0 Å². The van der Waals surface area contributed by atoms with Crippen molar-refractivity contribution in [3.63, 3.8) is 0 Å². The second kappa shape index (κ2) is 10.6. The van der Waals surface area contributed by atoms with Crippen LogP contribution in [0.3, 0.4) is 0 Å². The number of carbonyl (C=O) groups is 1. The molecular weight excluding hydrogens is 231 g/mol. The van der Waals surface area contributed by atoms with Crippen molar-refractivity contribution >= 4 is 31.2 Å². The Morgan fingerprint density at radius 1 is 1.40 bits per heavy atom. The fourth-order valence-electron chi connectivity index (χ4n) is 0.688. The first-order chi connectivity index (χ1) is 6.95. The molecule has 0 aromatic carbocycles. The first kappa shape index (κ1) is 17.5. The van der Waals surface area contributed by atoms with Crippen LogP contribution in [0.2, 0.25) is 12.6 Å². The standard InChI is InChI=1S/C6H16O3Si.C2H4O2.Al.2H/c1-8-10(3,9-2)6-4-5-7;1-2(3)4;;;/h7H,4-6H2,1-3H3;1H3,(H,3,4);;;/q;;+1;;/p-1. The summed E-state index contributed by atoms with van der Waals surface area (Å²) in [6.45, 7) is 3.60. The molecule has 5 nitrogen and oxygen atoms in total. The fourth-order valence-corrected chi connectivity index (χ4v) is 2.06. The van der Waals surface area contributed by atoms with Crippen LogP contribution in [-0.4, -0.2) is 57.1 Å². The highest BCUT2D eigenvalue weighted by Gasteiger charge is 2.27. The van der Waals surface area contributed by atoms with E-state index < -0.39 is 8.56 Å². The molecule has 0 radical (unpaired) electrons. The van der Waals surface area contributed by atoms with Gasteiger partial charge in [0.2, 0.25) is 0 Å². The van der Waals surface area contributed by atoms with Crippen LogP contribution in [0, 0.1) is 0 Å². The van der Waals surface area contributed by atoms with Crippen LogP contribution in [0.4, 0.5) is 0 Å². The normalized spacial score (nSPS) is 10.2. The molecule has 0 aromatic rings. The molecule has 90 valence electrons. The van der Waals surface area contributed by atoms with Crippen molar-refractivity contribution in [2.75, 3.05) is 20.8 Å². The summed E-state index contributed by atoms with van der Waals surface area (Å²) in [5.41, 5.74) is 0. The van der Waals surface area contributed by atoms with Crippen LogP contribution in [0.25, 0.3) is 0 Å². The summed E-state index contributed by atoms with van der Waals surface area (Å²) in [4.78, 5) is 9.62. The molecule has 1 N–H and O–H groups in total. The van der Waals surface area contributed by atoms with E-state index in [2.05, 4.69) is 3.79 Å². The minimum atomic E-state index is -1.88. The van der Waals surface area contributed by atoms with E-state index in [4.69, 9.17) is 14.0 Å². The van der Waals surface area contributed by atoms with Gasteiger partial charge in [-0.3, -0.25) is 4.79 Å². The molecule has 0 unspecified atom stereocenters. The second-order valence-electron chi connectivity index (χ2n) is 3.06. The summed E-state index contributed by atoms with van der Waals surface area (Å²) in [6, 6.07) is 0.858. The van der Waals surface area contributed by atoms with Crippen LogP contribution in [0.5, 0.6) is 0 Å². The highest BCUT2D eigenvalue weighted by atomic mass is 28.4. The van der Waals surface area contributed by atoms with Crippen LogP contribution in [-0.2, 0) is 17.4 Å². The molecule has 0 rings (SSSR count). The zero-order chi connectivity index (χ0) is 12.3. The molecule has 0 aliphatic rings. The predicted molar refractivity (Wildman–Crippen MR) is 62.5 cm³/mol. The van der Waals surface area contributed by atoms with Gasteiger partial charge in [0.25, 0.3) is 5.97 Å². The molecule has 0 aliphatic carbocycles. The van der Waals surface area contributed by atoms with E-state index in [1.54, 1.807) is 14.2 Å². The molecule has 0 saturated heterocycles. The molecule has 0 atom stereocenters. The zero-order valence-corrected chi connectivity index (χ0v) is 13.2. The maximum atomic E-state index is 9.62. The lowest BCUT2D eigenvalue weighted by Gasteiger charge is -2.21. The minimum absolute atomic E-state index is 0.184. The lowest BCUT2D eigenvalue weighted by molar-refractivity contribution is -0.131. The van der Waals surface area contributed by atoms with Crippen molar-refractivity contribution in [1.82, 2.24) is 0 Å². The Balaban J connectivity index is 0. The van der Waals surface area contributed by atoms with Crippen LogP contribution in [0.15, 0.2) is 0 Å². The predicted octanol–water partition coefficient (Wildman–Crippen LogP) is -0.169. The molecule has 0 heterocycles. The maximum absolute atomic E-state index is 9.62. The van der Waals surface area contributed by atoms with Gasteiger partial charge >= 0.3 is 25.2 Å². The topological polar surface area (TPSA) is 65.0 Å². The third-order valence-corrected chi connectivity index (χ3v) is 5.50. The summed E-state index contributed by atoms with van der Waals surface area (Å²) in [6.07, 6.45) is 0.768. The van der Waals surface area contributed by atoms with Crippen molar-refractivity contribution in [2.24, 2.45) is 0 Å². The van der Waals surface area contributed by atoms with Gasteiger partial charge in [-0.05, 0) is 19.0 Å². The van der Waals surface area contributed by atoms with Gasteiger partial charge in [0.05, 0.1) is 0 Å². The van der Waals surface area contributed by atoms with E-state index in [0.29, 0.717) is 16.6 Å². The number of aliphatic hydroxyl groups is 1. The van der Waals surface area contributed by atoms with Gasteiger partial charge in [-0.25, -0.2) is 0 Å². The van der Waals surface area contributed by atoms with Gasteiger partial charge in [-0.1, -0.05) is 0 Å². The Morgan fingerprint density at radius 3 is 2.00 bits per heavy atom. The van der Waals surface area contributed by atoms with Crippen molar-refractivity contribution in [2.45, 2.75) is 25.9 Å². The maximum Gasteiger partial charge on any atom is 0.499 e. The van der Waals surface area contributed by atoms with Crippen molar-refractivity contribution in [3.8, 4) is 0 Å². The SMILES string of the molecule is CC(=O)[O][AlH2].CO[Si](C)(CCCO)OC. The molecule has 0 saturated carbocycles. The fraction of sp³-hybridized carbons (Fsp3) is 0.875. The Labute approximate surface area is 101 Å². The van der Waals surface area contributed by atoms with E-state index in [1.807, 2.05) is 6.55 Å². The van der Waals surface area contributed by atoms with E-state index in [1.165, 1.54) is 6.92 Å². The Bertz CT molecular complexity index is 163. The van der Waals surface area contributed by atoms with Crippen LogP contribution in [0.1, 0.15) is 13.3 Å². The van der Waals surface area contributed by atoms with Gasteiger partial charge < -0.3 is 17.7 Å². The molecule has 0 fully saturated rings. The van der Waals surface area contributed by atoms with Crippen molar-refractivity contribution in [3.05, 3.63) is 0 Å². The Kier molecular flexibility index (Phi) is 12.4. The molecular formula is C8H21AlO5Si.